The molecule has 0 aliphatic heterocycles. The fourth-order valence-corrected chi connectivity index (χ4v) is 7.93. The minimum Gasteiger partial charge on any atom is -0.394 e. The second-order valence-corrected chi connectivity index (χ2v) is 17.0. The van der Waals surface area contributed by atoms with Crippen LogP contribution in [-0.2, 0) is 4.79 Å². The van der Waals surface area contributed by atoms with E-state index in [2.05, 4.69) is 19.2 Å². The van der Waals surface area contributed by atoms with Gasteiger partial charge in [0.15, 0.2) is 0 Å². The lowest BCUT2D eigenvalue weighted by Crippen LogP contribution is -2.50. The smallest absolute Gasteiger partial charge is 0.220 e. The molecular formula is C48H97NO4. The SMILES string of the molecule is CCCCCCCCCCCCCCCCCCCCCCCCCCCCCCCC(=O)NC(CO)C(O)C(O)CCCCCCCCCCCC. The molecule has 0 aliphatic carbocycles. The van der Waals surface area contributed by atoms with Gasteiger partial charge in [0, 0.05) is 6.42 Å². The van der Waals surface area contributed by atoms with Crippen LogP contribution in [0.2, 0.25) is 0 Å². The van der Waals surface area contributed by atoms with Gasteiger partial charge in [-0.3, -0.25) is 4.79 Å². The lowest BCUT2D eigenvalue weighted by atomic mass is 9.99. The quantitative estimate of drug-likeness (QED) is 0.0466. The molecule has 5 nitrogen and oxygen atoms in total. The summed E-state index contributed by atoms with van der Waals surface area (Å²) in [5.74, 6) is -0.140. The Morgan fingerprint density at radius 3 is 0.906 bits per heavy atom. The van der Waals surface area contributed by atoms with E-state index in [1.807, 2.05) is 0 Å². The van der Waals surface area contributed by atoms with Crippen molar-refractivity contribution in [2.24, 2.45) is 0 Å². The highest BCUT2D eigenvalue weighted by Gasteiger charge is 2.26. The van der Waals surface area contributed by atoms with Gasteiger partial charge < -0.3 is 20.6 Å². The number of carbonyl (C=O) groups is 1. The molecule has 0 saturated carbocycles. The number of unbranched alkanes of at least 4 members (excludes halogenated alkanes) is 37. The van der Waals surface area contributed by atoms with E-state index in [1.54, 1.807) is 0 Å². The predicted molar refractivity (Wildman–Crippen MR) is 232 cm³/mol. The van der Waals surface area contributed by atoms with Crippen LogP contribution in [-0.4, -0.2) is 46.1 Å². The molecule has 0 aromatic heterocycles. The summed E-state index contributed by atoms with van der Waals surface area (Å²) in [6.07, 6.45) is 51.1. The van der Waals surface area contributed by atoms with Gasteiger partial charge in [0.2, 0.25) is 5.91 Å². The van der Waals surface area contributed by atoms with Crippen LogP contribution in [0, 0.1) is 0 Å². The zero-order chi connectivity index (χ0) is 38.7. The lowest BCUT2D eigenvalue weighted by molar-refractivity contribution is -0.124. The number of hydrogen-bond donors (Lipinski definition) is 4. The minimum atomic E-state index is -1.13. The van der Waals surface area contributed by atoms with Crippen molar-refractivity contribution in [1.29, 1.82) is 0 Å². The number of hydrogen-bond acceptors (Lipinski definition) is 4. The van der Waals surface area contributed by atoms with Gasteiger partial charge in [-0.25, -0.2) is 0 Å². The van der Waals surface area contributed by atoms with Crippen molar-refractivity contribution < 1.29 is 20.1 Å². The maximum Gasteiger partial charge on any atom is 0.220 e. The molecule has 0 heterocycles. The standard InChI is InChI=1S/C48H97NO4/c1-3-5-7-9-11-13-15-16-17-18-19-20-21-22-23-24-25-26-27-28-29-30-31-32-33-35-37-39-41-43-47(52)49-45(44-50)48(53)46(51)42-40-38-36-34-14-12-10-8-6-4-2/h45-46,48,50-51,53H,3-44H2,1-2H3,(H,49,52). The highest BCUT2D eigenvalue weighted by molar-refractivity contribution is 5.76. The molecule has 318 valence electrons. The third-order valence-electron chi connectivity index (χ3n) is 11.7. The van der Waals surface area contributed by atoms with Crippen molar-refractivity contribution in [3.8, 4) is 0 Å². The Morgan fingerprint density at radius 2 is 0.642 bits per heavy atom. The summed E-state index contributed by atoms with van der Waals surface area (Å²) >= 11 is 0. The molecule has 0 bridgehead atoms. The predicted octanol–water partition coefficient (Wildman–Crippen LogP) is 14.2. The van der Waals surface area contributed by atoms with Crippen molar-refractivity contribution in [1.82, 2.24) is 5.32 Å². The van der Waals surface area contributed by atoms with Gasteiger partial charge in [0.05, 0.1) is 18.8 Å². The van der Waals surface area contributed by atoms with Crippen LogP contribution in [0.15, 0.2) is 0 Å². The Morgan fingerprint density at radius 1 is 0.396 bits per heavy atom. The largest absolute Gasteiger partial charge is 0.394 e. The van der Waals surface area contributed by atoms with E-state index in [-0.39, 0.29) is 12.5 Å². The molecule has 5 heteroatoms. The molecule has 53 heavy (non-hydrogen) atoms. The average molecular weight is 752 g/mol. The van der Waals surface area contributed by atoms with E-state index in [4.69, 9.17) is 0 Å². The van der Waals surface area contributed by atoms with Crippen LogP contribution in [0.3, 0.4) is 0 Å². The summed E-state index contributed by atoms with van der Waals surface area (Å²) in [5.41, 5.74) is 0. The first-order valence-electron chi connectivity index (χ1n) is 24.3. The fourth-order valence-electron chi connectivity index (χ4n) is 7.93. The second-order valence-electron chi connectivity index (χ2n) is 17.0. The molecule has 0 aromatic rings. The fraction of sp³-hybridized carbons (Fsp3) is 0.979. The number of rotatable bonds is 45. The highest BCUT2D eigenvalue weighted by atomic mass is 16.3. The molecule has 0 rings (SSSR count). The highest BCUT2D eigenvalue weighted by Crippen LogP contribution is 2.18. The number of amides is 1. The van der Waals surface area contributed by atoms with Gasteiger partial charge in [0.25, 0.3) is 0 Å². The Hall–Kier alpha value is -0.650. The number of carbonyl (C=O) groups excluding carboxylic acids is 1. The summed E-state index contributed by atoms with van der Waals surface area (Å²) in [7, 11) is 0. The zero-order valence-electron chi connectivity index (χ0n) is 36.2. The summed E-state index contributed by atoms with van der Waals surface area (Å²) in [6.45, 7) is 4.18. The van der Waals surface area contributed by atoms with Crippen molar-refractivity contribution >= 4 is 5.91 Å². The lowest BCUT2D eigenvalue weighted by Gasteiger charge is -2.26. The van der Waals surface area contributed by atoms with Crippen LogP contribution < -0.4 is 5.32 Å². The molecular weight excluding hydrogens is 655 g/mol. The van der Waals surface area contributed by atoms with Crippen LogP contribution in [0.4, 0.5) is 0 Å². The maximum absolute atomic E-state index is 12.4. The van der Waals surface area contributed by atoms with Crippen molar-refractivity contribution in [2.75, 3.05) is 6.61 Å². The summed E-state index contributed by atoms with van der Waals surface area (Å²) < 4.78 is 0. The second kappa shape index (κ2) is 44.1. The Balaban J connectivity index is 3.44. The number of aliphatic hydroxyl groups excluding tert-OH is 3. The topological polar surface area (TPSA) is 89.8 Å². The van der Waals surface area contributed by atoms with Crippen LogP contribution in [0.1, 0.15) is 277 Å². The van der Waals surface area contributed by atoms with Crippen LogP contribution >= 0.6 is 0 Å². The molecule has 1 amide bonds. The van der Waals surface area contributed by atoms with E-state index in [0.29, 0.717) is 12.8 Å². The van der Waals surface area contributed by atoms with Crippen molar-refractivity contribution in [3.63, 3.8) is 0 Å². The third kappa shape index (κ3) is 39.4. The van der Waals surface area contributed by atoms with E-state index >= 15 is 0 Å². The van der Waals surface area contributed by atoms with E-state index < -0.39 is 18.2 Å². The molecule has 0 aliphatic rings. The Kier molecular flexibility index (Phi) is 43.5. The zero-order valence-corrected chi connectivity index (χ0v) is 36.2. The number of aliphatic hydroxyl groups is 3. The monoisotopic (exact) mass is 752 g/mol. The molecule has 0 aromatic carbocycles. The van der Waals surface area contributed by atoms with E-state index in [1.165, 1.54) is 212 Å². The van der Waals surface area contributed by atoms with Crippen LogP contribution in [0.5, 0.6) is 0 Å². The molecule has 0 radical (unpaired) electrons. The maximum atomic E-state index is 12.4. The first-order valence-corrected chi connectivity index (χ1v) is 24.3. The normalized spacial score (nSPS) is 13.4. The first-order chi connectivity index (χ1) is 26.1. The van der Waals surface area contributed by atoms with Gasteiger partial charge in [-0.2, -0.15) is 0 Å². The first kappa shape index (κ1) is 52.3. The molecule has 0 saturated heterocycles. The summed E-state index contributed by atoms with van der Waals surface area (Å²) in [6, 6.07) is -0.802. The third-order valence-corrected chi connectivity index (χ3v) is 11.7. The summed E-state index contributed by atoms with van der Waals surface area (Å²) in [4.78, 5) is 12.4. The molecule has 3 unspecified atom stereocenters. The van der Waals surface area contributed by atoms with Gasteiger partial charge in [-0.1, -0.05) is 258 Å². The van der Waals surface area contributed by atoms with E-state index in [0.717, 1.165) is 38.5 Å². The van der Waals surface area contributed by atoms with Crippen molar-refractivity contribution in [3.05, 3.63) is 0 Å². The van der Waals surface area contributed by atoms with Crippen LogP contribution in [0.25, 0.3) is 0 Å². The minimum absolute atomic E-state index is 0.140. The average Bonchev–Trinajstić information content (AvgIpc) is 3.16. The Labute approximate surface area is 332 Å². The molecule has 0 spiro atoms. The van der Waals surface area contributed by atoms with Gasteiger partial charge in [-0.15, -0.1) is 0 Å². The molecule has 4 N–H and O–H groups in total. The van der Waals surface area contributed by atoms with Crippen molar-refractivity contribution in [2.45, 2.75) is 295 Å². The Bertz CT molecular complexity index is 703. The molecule has 3 atom stereocenters. The van der Waals surface area contributed by atoms with Gasteiger partial charge in [0.1, 0.15) is 6.10 Å². The summed E-state index contributed by atoms with van der Waals surface area (Å²) in [5, 5.41) is 33.5. The molecule has 0 fully saturated rings. The van der Waals surface area contributed by atoms with E-state index in [9.17, 15) is 20.1 Å². The van der Waals surface area contributed by atoms with Gasteiger partial charge >= 0.3 is 0 Å². The number of nitrogens with one attached hydrogen (secondary N) is 1. The van der Waals surface area contributed by atoms with Gasteiger partial charge in [-0.05, 0) is 12.8 Å².